The maximum Gasteiger partial charge on any atom is 0.435 e. The smallest absolute Gasteiger partial charge is 0.435 e. The Labute approximate surface area is 173 Å². The molecule has 0 spiro atoms. The number of nitrogens with zero attached hydrogens (tertiary/aromatic N) is 1. The van der Waals surface area contributed by atoms with Crippen LogP contribution < -0.4 is 5.11 Å². The summed E-state index contributed by atoms with van der Waals surface area (Å²) in [5.41, 5.74) is -2.62. The molecule has 4 nitrogen and oxygen atoms in total. The topological polar surface area (TPSA) is 61.7 Å². The number of hydrogen-bond donors (Lipinski definition) is 0. The molecule has 0 aromatic heterocycles. The molecule has 0 N–H and O–H groups in total. The molecule has 2 aromatic carbocycles. The van der Waals surface area contributed by atoms with Gasteiger partial charge in [-0.05, 0) is 68.1 Å². The maximum atomic E-state index is 14.0. The van der Waals surface area contributed by atoms with Crippen LogP contribution in [0.5, 0.6) is 0 Å². The van der Waals surface area contributed by atoms with Gasteiger partial charge in [-0.25, -0.2) is 4.39 Å². The first-order chi connectivity index (χ1) is 13.0. The van der Waals surface area contributed by atoms with Crippen molar-refractivity contribution >= 4 is 43.5 Å². The first kappa shape index (κ1) is 20.8. The summed E-state index contributed by atoms with van der Waals surface area (Å²) in [6.07, 6.45) is -5.51. The number of aromatic carboxylic acids is 1. The molecule has 3 rings (SSSR count). The van der Waals surface area contributed by atoms with Crippen molar-refractivity contribution in [2.75, 3.05) is 0 Å². The molecule has 1 heterocycles. The van der Waals surface area contributed by atoms with Crippen LogP contribution in [0.2, 0.25) is 0 Å². The zero-order valence-electron chi connectivity index (χ0n) is 14.0. The van der Waals surface area contributed by atoms with Gasteiger partial charge < -0.3 is 14.7 Å². The molecule has 0 radical (unpaired) electrons. The molecule has 148 valence electrons. The Morgan fingerprint density at radius 2 is 1.82 bits per heavy atom. The van der Waals surface area contributed by atoms with Crippen LogP contribution in [0.1, 0.15) is 33.5 Å². The van der Waals surface area contributed by atoms with Crippen LogP contribution in [0.4, 0.5) is 17.6 Å². The molecule has 0 fully saturated rings. The molecule has 2 aromatic rings. The van der Waals surface area contributed by atoms with Gasteiger partial charge in [-0.2, -0.15) is 13.2 Å². The van der Waals surface area contributed by atoms with E-state index in [0.29, 0.717) is 5.56 Å². The van der Waals surface area contributed by atoms with Gasteiger partial charge >= 0.3 is 6.18 Å². The van der Waals surface area contributed by atoms with E-state index in [1.807, 2.05) is 0 Å². The Bertz CT molecular complexity index is 984. The van der Waals surface area contributed by atoms with Gasteiger partial charge in [0.1, 0.15) is 0 Å². The summed E-state index contributed by atoms with van der Waals surface area (Å²) < 4.78 is 55.5. The van der Waals surface area contributed by atoms with Crippen LogP contribution in [-0.2, 0) is 10.4 Å². The Kier molecular flexibility index (Phi) is 5.30. The summed E-state index contributed by atoms with van der Waals surface area (Å²) in [4.78, 5) is 15.9. The minimum Gasteiger partial charge on any atom is -0.545 e. The van der Waals surface area contributed by atoms with E-state index < -0.39 is 30.0 Å². The standard InChI is InChI=1S/C18H11Br2F4NO3/c1-8-4-9(2-3-11(8)16(26)27)14-7-17(28-25-14,18(22,23)24)10-5-12(19)15(21)13(20)6-10/h2-6H,7H2,1H3,(H,26,27)/p-1. The minimum absolute atomic E-state index is 0.0121. The van der Waals surface area contributed by atoms with Gasteiger partial charge in [0.05, 0.1) is 20.6 Å². The summed E-state index contributed by atoms with van der Waals surface area (Å²) in [6.45, 7) is 1.50. The zero-order chi connectivity index (χ0) is 20.9. The van der Waals surface area contributed by atoms with E-state index in [4.69, 9.17) is 4.84 Å². The molecule has 1 aliphatic rings. The van der Waals surface area contributed by atoms with E-state index in [1.54, 1.807) is 0 Å². The number of benzene rings is 2. The average Bonchev–Trinajstić information content (AvgIpc) is 3.05. The van der Waals surface area contributed by atoms with E-state index >= 15 is 0 Å². The van der Waals surface area contributed by atoms with Crippen LogP contribution in [0.25, 0.3) is 0 Å². The number of oxime groups is 1. The molecule has 0 saturated heterocycles. The van der Waals surface area contributed by atoms with Gasteiger partial charge in [0.15, 0.2) is 5.82 Å². The number of aryl methyl sites for hydroxylation is 1. The molecule has 0 saturated carbocycles. The van der Waals surface area contributed by atoms with Gasteiger partial charge in [-0.1, -0.05) is 17.3 Å². The lowest BCUT2D eigenvalue weighted by atomic mass is 9.86. The van der Waals surface area contributed by atoms with E-state index in [1.165, 1.54) is 25.1 Å². The van der Waals surface area contributed by atoms with Gasteiger partial charge in [-0.15, -0.1) is 0 Å². The lowest BCUT2D eigenvalue weighted by Crippen LogP contribution is -2.42. The van der Waals surface area contributed by atoms with Crippen molar-refractivity contribution in [1.29, 1.82) is 0 Å². The van der Waals surface area contributed by atoms with E-state index in [2.05, 4.69) is 37.0 Å². The van der Waals surface area contributed by atoms with Crippen LogP contribution >= 0.6 is 31.9 Å². The lowest BCUT2D eigenvalue weighted by Gasteiger charge is -2.30. The highest BCUT2D eigenvalue weighted by molar-refractivity contribution is 9.11. The van der Waals surface area contributed by atoms with Gasteiger partial charge in [0.25, 0.3) is 5.60 Å². The molecule has 1 aliphatic heterocycles. The lowest BCUT2D eigenvalue weighted by molar-refractivity contribution is -0.275. The van der Waals surface area contributed by atoms with Crippen LogP contribution in [-0.4, -0.2) is 17.9 Å². The molecule has 28 heavy (non-hydrogen) atoms. The Morgan fingerprint density at radius 1 is 1.21 bits per heavy atom. The monoisotopic (exact) mass is 522 g/mol. The van der Waals surface area contributed by atoms with Crippen molar-refractivity contribution in [3.05, 3.63) is 67.3 Å². The fourth-order valence-corrected chi connectivity index (χ4v) is 4.11. The molecule has 1 unspecified atom stereocenters. The van der Waals surface area contributed by atoms with Crippen LogP contribution in [0, 0.1) is 12.7 Å². The minimum atomic E-state index is -4.85. The highest BCUT2D eigenvalue weighted by Crippen LogP contribution is 2.50. The van der Waals surface area contributed by atoms with Crippen molar-refractivity contribution in [1.82, 2.24) is 0 Å². The maximum absolute atomic E-state index is 14.0. The molecular formula is C18H10Br2F4NO3-. The third kappa shape index (κ3) is 3.43. The molecule has 0 aliphatic carbocycles. The predicted octanol–water partition coefficient (Wildman–Crippen LogP) is 4.60. The van der Waals surface area contributed by atoms with Crippen molar-refractivity contribution in [3.63, 3.8) is 0 Å². The molecule has 10 heteroatoms. The summed E-state index contributed by atoms with van der Waals surface area (Å²) >= 11 is 5.80. The Balaban J connectivity index is 2.04. The van der Waals surface area contributed by atoms with Gasteiger partial charge in [-0.3, -0.25) is 0 Å². The van der Waals surface area contributed by atoms with Crippen LogP contribution in [0.15, 0.2) is 44.4 Å². The fraction of sp³-hybridized carbons (Fsp3) is 0.222. The van der Waals surface area contributed by atoms with E-state index in [9.17, 15) is 27.5 Å². The molecule has 0 amide bonds. The first-order valence-electron chi connectivity index (χ1n) is 7.75. The van der Waals surface area contributed by atoms with Crippen molar-refractivity contribution < 1.29 is 32.3 Å². The van der Waals surface area contributed by atoms with Gasteiger partial charge in [0, 0.05) is 17.5 Å². The number of rotatable bonds is 3. The quantitative estimate of drug-likeness (QED) is 0.436. The number of carboxylic acids is 1. The average molecular weight is 524 g/mol. The normalized spacial score (nSPS) is 19.3. The second kappa shape index (κ2) is 7.14. The number of carbonyl (C=O) groups is 1. The first-order valence-corrected chi connectivity index (χ1v) is 9.34. The van der Waals surface area contributed by atoms with Crippen molar-refractivity contribution in [3.8, 4) is 0 Å². The third-order valence-electron chi connectivity index (χ3n) is 4.42. The summed E-state index contributed by atoms with van der Waals surface area (Å²) in [7, 11) is 0. The number of carbonyl (C=O) groups excluding carboxylic acids is 1. The number of alkyl halides is 3. The number of hydrogen-bond acceptors (Lipinski definition) is 4. The predicted molar refractivity (Wildman–Crippen MR) is 97.3 cm³/mol. The highest BCUT2D eigenvalue weighted by Gasteiger charge is 2.62. The summed E-state index contributed by atoms with van der Waals surface area (Å²) in [5.74, 6) is -2.13. The second-order valence-electron chi connectivity index (χ2n) is 6.20. The molecule has 0 bridgehead atoms. The SMILES string of the molecule is Cc1cc(C2=NOC(c3cc(Br)c(F)c(Br)c3)(C(F)(F)F)C2)ccc1C(=O)[O-]. The van der Waals surface area contributed by atoms with Crippen LogP contribution in [0.3, 0.4) is 0 Å². The summed E-state index contributed by atoms with van der Waals surface area (Å²) in [6, 6.07) is 5.97. The van der Waals surface area contributed by atoms with Crippen molar-refractivity contribution in [2.45, 2.75) is 25.1 Å². The number of halogens is 6. The zero-order valence-corrected chi connectivity index (χ0v) is 17.2. The van der Waals surface area contributed by atoms with E-state index in [-0.39, 0.29) is 31.3 Å². The van der Waals surface area contributed by atoms with Crippen molar-refractivity contribution in [2.24, 2.45) is 5.16 Å². The highest BCUT2D eigenvalue weighted by atomic mass is 79.9. The van der Waals surface area contributed by atoms with Gasteiger partial charge in [0.2, 0.25) is 0 Å². The number of carboxylic acid groups (broad SMARTS) is 1. The molecule has 1 atom stereocenters. The Morgan fingerprint density at radius 3 is 2.32 bits per heavy atom. The second-order valence-corrected chi connectivity index (χ2v) is 7.91. The largest absolute Gasteiger partial charge is 0.545 e. The van der Waals surface area contributed by atoms with E-state index in [0.717, 1.165) is 12.1 Å². The Hall–Kier alpha value is -1.94. The molecular weight excluding hydrogens is 514 g/mol. The summed E-state index contributed by atoms with van der Waals surface area (Å²) in [5, 5.41) is 14.6. The third-order valence-corrected chi connectivity index (χ3v) is 5.57. The fourth-order valence-electron chi connectivity index (χ4n) is 2.92.